The van der Waals surface area contributed by atoms with Crippen LogP contribution in [0.2, 0.25) is 0 Å². The van der Waals surface area contributed by atoms with Crippen molar-refractivity contribution < 1.29 is 27.4 Å². The molecule has 1 aromatic carbocycles. The number of nitrogens with two attached hydrogens (primary N) is 1. The highest BCUT2D eigenvalue weighted by Gasteiger charge is 2.23. The fraction of sp³-hybridized carbons (Fsp3) is 0.296. The standard InChI is InChI=1S/C27H27F3N8O3/c1-40-21-9-15(26(39)41-2)8-19(28)24(21)25-32-6-5-22(36-25)35-23-10-20(37-7-3-4-17(31)14-37)18(12-33-23)16-11-34-38(13-16)27(29)30/h5-6,8-13,17,27H,3-4,7,14,31H2,1-2H3,(H,32,33,35,36)/t17-/m0/s1. The number of carbonyl (C=O) groups excluding carboxylic acids is 1. The van der Waals surface area contributed by atoms with Crippen molar-refractivity contribution >= 4 is 23.3 Å². The summed E-state index contributed by atoms with van der Waals surface area (Å²) in [5.74, 6) is -0.705. The number of ether oxygens (including phenoxy) is 2. The van der Waals surface area contributed by atoms with Crippen molar-refractivity contribution in [1.82, 2.24) is 24.7 Å². The van der Waals surface area contributed by atoms with E-state index in [-0.39, 0.29) is 28.7 Å². The molecule has 14 heteroatoms. The van der Waals surface area contributed by atoms with Crippen LogP contribution in [0.25, 0.3) is 22.5 Å². The van der Waals surface area contributed by atoms with Gasteiger partial charge in [-0.3, -0.25) is 0 Å². The number of nitrogens with one attached hydrogen (secondary N) is 1. The molecule has 1 fully saturated rings. The Labute approximate surface area is 233 Å². The molecule has 11 nitrogen and oxygen atoms in total. The lowest BCUT2D eigenvalue weighted by atomic mass is 10.0. The Hall–Kier alpha value is -4.72. The number of nitrogens with zero attached hydrogens (tertiary/aromatic N) is 6. The number of piperidine rings is 1. The predicted molar refractivity (Wildman–Crippen MR) is 145 cm³/mol. The highest BCUT2D eigenvalue weighted by Crippen LogP contribution is 2.36. The van der Waals surface area contributed by atoms with Crippen LogP contribution in [0.3, 0.4) is 0 Å². The molecule has 0 amide bonds. The summed E-state index contributed by atoms with van der Waals surface area (Å²) in [6.07, 6.45) is 7.41. The van der Waals surface area contributed by atoms with Crippen LogP contribution in [0.1, 0.15) is 29.7 Å². The van der Waals surface area contributed by atoms with Crippen LogP contribution in [0.15, 0.2) is 49.1 Å². The van der Waals surface area contributed by atoms with E-state index in [9.17, 15) is 13.6 Å². The third-order valence-corrected chi connectivity index (χ3v) is 6.62. The van der Waals surface area contributed by atoms with Crippen LogP contribution in [-0.2, 0) is 4.74 Å². The van der Waals surface area contributed by atoms with Crippen LogP contribution in [-0.4, -0.2) is 64.1 Å². The summed E-state index contributed by atoms with van der Waals surface area (Å²) in [4.78, 5) is 27.1. The third kappa shape index (κ3) is 5.91. The third-order valence-electron chi connectivity index (χ3n) is 6.62. The molecule has 0 unspecified atom stereocenters. The number of rotatable bonds is 8. The van der Waals surface area contributed by atoms with E-state index < -0.39 is 18.3 Å². The van der Waals surface area contributed by atoms with Crippen molar-refractivity contribution in [2.75, 3.05) is 37.5 Å². The minimum Gasteiger partial charge on any atom is -0.496 e. The van der Waals surface area contributed by atoms with Gasteiger partial charge in [0.05, 0.1) is 31.5 Å². The average molecular weight is 569 g/mol. The maximum Gasteiger partial charge on any atom is 0.338 e. The molecule has 5 rings (SSSR count). The summed E-state index contributed by atoms with van der Waals surface area (Å²) in [5.41, 5.74) is 8.02. The van der Waals surface area contributed by atoms with Gasteiger partial charge in [-0.1, -0.05) is 0 Å². The zero-order valence-electron chi connectivity index (χ0n) is 22.2. The van der Waals surface area contributed by atoms with E-state index >= 15 is 4.39 Å². The second-order valence-electron chi connectivity index (χ2n) is 9.34. The Kier molecular flexibility index (Phi) is 8.01. The first-order chi connectivity index (χ1) is 19.8. The Bertz CT molecular complexity index is 1560. The molecule has 1 aliphatic heterocycles. The number of alkyl halides is 2. The number of esters is 1. The fourth-order valence-corrected chi connectivity index (χ4v) is 4.68. The van der Waals surface area contributed by atoms with E-state index in [2.05, 4.69) is 35.0 Å². The molecule has 41 heavy (non-hydrogen) atoms. The van der Waals surface area contributed by atoms with Crippen LogP contribution >= 0.6 is 0 Å². The molecule has 1 atom stereocenters. The Morgan fingerprint density at radius 2 is 2.00 bits per heavy atom. The first-order valence-electron chi connectivity index (χ1n) is 12.7. The highest BCUT2D eigenvalue weighted by molar-refractivity contribution is 5.91. The van der Waals surface area contributed by atoms with Gasteiger partial charge in [-0.25, -0.2) is 28.8 Å². The molecule has 4 aromatic rings. The number of pyridine rings is 1. The summed E-state index contributed by atoms with van der Waals surface area (Å²) in [7, 11) is 2.53. The number of aromatic nitrogens is 5. The molecule has 214 valence electrons. The Morgan fingerprint density at radius 1 is 1.17 bits per heavy atom. The van der Waals surface area contributed by atoms with Gasteiger partial charge in [-0.2, -0.15) is 13.9 Å². The minimum atomic E-state index is -2.77. The number of hydrogen-bond acceptors (Lipinski definition) is 10. The van der Waals surface area contributed by atoms with Crippen molar-refractivity contribution in [1.29, 1.82) is 0 Å². The summed E-state index contributed by atoms with van der Waals surface area (Å²) in [6.45, 7) is -1.46. The molecule has 1 saturated heterocycles. The average Bonchev–Trinajstić information content (AvgIpc) is 3.47. The molecule has 0 aliphatic carbocycles. The lowest BCUT2D eigenvalue weighted by Crippen LogP contribution is -2.43. The first-order valence-corrected chi connectivity index (χ1v) is 12.7. The molecule has 0 radical (unpaired) electrons. The normalized spacial score (nSPS) is 15.2. The largest absolute Gasteiger partial charge is 0.496 e. The molecule has 3 N–H and O–H groups in total. The van der Waals surface area contributed by atoms with Crippen LogP contribution in [0.5, 0.6) is 5.75 Å². The highest BCUT2D eigenvalue weighted by atomic mass is 19.3. The summed E-state index contributed by atoms with van der Waals surface area (Å²) in [6, 6.07) is 5.69. The molecule has 1 aliphatic rings. The van der Waals surface area contributed by atoms with E-state index in [0.29, 0.717) is 34.0 Å². The number of halogens is 3. The van der Waals surface area contributed by atoms with E-state index in [4.69, 9.17) is 10.5 Å². The van der Waals surface area contributed by atoms with Crippen molar-refractivity contribution in [3.63, 3.8) is 0 Å². The maximum absolute atomic E-state index is 15.1. The topological polar surface area (TPSA) is 133 Å². The lowest BCUT2D eigenvalue weighted by molar-refractivity contribution is 0.0565. The van der Waals surface area contributed by atoms with Gasteiger partial charge in [0.2, 0.25) is 0 Å². The molecule has 0 spiro atoms. The van der Waals surface area contributed by atoms with Crippen molar-refractivity contribution in [3.8, 4) is 28.3 Å². The summed E-state index contributed by atoms with van der Waals surface area (Å²) >= 11 is 0. The van der Waals surface area contributed by atoms with Gasteiger partial charge in [0.1, 0.15) is 23.2 Å². The number of anilines is 3. The van der Waals surface area contributed by atoms with Crippen LogP contribution in [0, 0.1) is 5.82 Å². The molecular formula is C27H27F3N8O3. The van der Waals surface area contributed by atoms with E-state index in [1.165, 1.54) is 38.9 Å². The molecule has 3 aromatic heterocycles. The zero-order valence-corrected chi connectivity index (χ0v) is 22.2. The van der Waals surface area contributed by atoms with Crippen LogP contribution < -0.4 is 20.7 Å². The second kappa shape index (κ2) is 11.8. The van der Waals surface area contributed by atoms with Gasteiger partial charge in [-0.15, -0.1) is 0 Å². The SMILES string of the molecule is COC(=O)c1cc(F)c(-c2nccc(Nc3cc(N4CCC[C@H](N)C4)c(-c4cnn(C(F)F)c4)cn3)n2)c(OC)c1. The van der Waals surface area contributed by atoms with Gasteiger partial charge in [0.25, 0.3) is 0 Å². The Balaban J connectivity index is 1.49. The van der Waals surface area contributed by atoms with Crippen molar-refractivity contribution in [3.05, 3.63) is 60.4 Å². The van der Waals surface area contributed by atoms with E-state index in [1.807, 2.05) is 0 Å². The van der Waals surface area contributed by atoms with Gasteiger partial charge >= 0.3 is 12.5 Å². The number of benzene rings is 1. The smallest absolute Gasteiger partial charge is 0.338 e. The van der Waals surface area contributed by atoms with Crippen molar-refractivity contribution in [2.24, 2.45) is 5.73 Å². The minimum absolute atomic E-state index is 0.0130. The van der Waals surface area contributed by atoms with E-state index in [0.717, 1.165) is 31.1 Å². The fourth-order valence-electron chi connectivity index (χ4n) is 4.68. The van der Waals surface area contributed by atoms with Crippen molar-refractivity contribution in [2.45, 2.75) is 25.4 Å². The molecule has 0 saturated carbocycles. The number of carbonyl (C=O) groups is 1. The first kappa shape index (κ1) is 27.8. The Morgan fingerprint density at radius 3 is 2.71 bits per heavy atom. The number of hydrogen-bond donors (Lipinski definition) is 2. The van der Waals surface area contributed by atoms with Gasteiger partial charge in [0, 0.05) is 60.6 Å². The molecule has 4 heterocycles. The van der Waals surface area contributed by atoms with Crippen LogP contribution in [0.4, 0.5) is 30.5 Å². The molecule has 0 bridgehead atoms. The second-order valence-corrected chi connectivity index (χ2v) is 9.34. The van der Waals surface area contributed by atoms with Gasteiger partial charge < -0.3 is 25.4 Å². The maximum atomic E-state index is 15.1. The summed E-state index contributed by atoms with van der Waals surface area (Å²) in [5, 5.41) is 6.86. The quantitative estimate of drug-likeness (QED) is 0.295. The number of methoxy groups -OCH3 is 2. The lowest BCUT2D eigenvalue weighted by Gasteiger charge is -2.34. The van der Waals surface area contributed by atoms with E-state index in [1.54, 1.807) is 18.3 Å². The van der Waals surface area contributed by atoms with Gasteiger partial charge in [0.15, 0.2) is 5.82 Å². The summed E-state index contributed by atoms with van der Waals surface area (Å²) < 4.78 is 52.1. The molecular weight excluding hydrogens is 541 g/mol. The monoisotopic (exact) mass is 568 g/mol. The zero-order chi connectivity index (χ0) is 29.1. The van der Waals surface area contributed by atoms with Gasteiger partial charge in [-0.05, 0) is 31.0 Å². The predicted octanol–water partition coefficient (Wildman–Crippen LogP) is 4.40.